The molecule has 1 heterocycles. The highest BCUT2D eigenvalue weighted by molar-refractivity contribution is 7.13. The molecule has 5 nitrogen and oxygen atoms in total. The molecular formula is C15H16F2N2O3S. The summed E-state index contributed by atoms with van der Waals surface area (Å²) in [6, 6.07) is 3.43. The second-order valence-electron chi connectivity index (χ2n) is 4.76. The van der Waals surface area contributed by atoms with Crippen molar-refractivity contribution in [3.8, 4) is 10.6 Å². The minimum Gasteiger partial charge on any atom is -0.396 e. The van der Waals surface area contributed by atoms with Crippen molar-refractivity contribution in [1.82, 2.24) is 9.88 Å². The molecule has 2 rings (SSSR count). The molecule has 0 unspecified atom stereocenters. The molecule has 2 aromatic rings. The van der Waals surface area contributed by atoms with Crippen LogP contribution in [0.5, 0.6) is 0 Å². The number of rotatable bonds is 7. The monoisotopic (exact) mass is 342 g/mol. The van der Waals surface area contributed by atoms with E-state index in [4.69, 9.17) is 10.2 Å². The number of carbonyl (C=O) groups excluding carboxylic acids is 1. The number of hydrogen-bond acceptors (Lipinski definition) is 5. The van der Waals surface area contributed by atoms with Crippen LogP contribution in [0.15, 0.2) is 23.6 Å². The van der Waals surface area contributed by atoms with Crippen LogP contribution in [0.3, 0.4) is 0 Å². The fourth-order valence-corrected chi connectivity index (χ4v) is 2.78. The summed E-state index contributed by atoms with van der Waals surface area (Å²) in [5, 5.41) is 19.8. The number of nitrogens with zero attached hydrogens (tertiary/aromatic N) is 2. The van der Waals surface area contributed by atoms with Crippen LogP contribution in [-0.4, -0.2) is 52.3 Å². The molecule has 0 atom stereocenters. The van der Waals surface area contributed by atoms with Gasteiger partial charge in [-0.05, 0) is 24.6 Å². The van der Waals surface area contributed by atoms with Gasteiger partial charge in [0.25, 0.3) is 5.91 Å². The Morgan fingerprint density at radius 3 is 2.61 bits per heavy atom. The van der Waals surface area contributed by atoms with E-state index in [-0.39, 0.29) is 31.4 Å². The standard InChI is InChI=1S/C15H16F2N2O3S/c16-11-3-2-10(8-12(11)17)14-18-13(9-23-14)15(22)19(5-7-21)4-1-6-20/h2-3,8-9,20-21H,1,4-7H2. The smallest absolute Gasteiger partial charge is 0.273 e. The van der Waals surface area contributed by atoms with E-state index in [9.17, 15) is 13.6 Å². The van der Waals surface area contributed by atoms with Gasteiger partial charge >= 0.3 is 0 Å². The number of aliphatic hydroxyl groups is 2. The van der Waals surface area contributed by atoms with E-state index < -0.39 is 11.6 Å². The van der Waals surface area contributed by atoms with E-state index in [2.05, 4.69) is 4.98 Å². The first-order chi connectivity index (χ1) is 11.1. The zero-order valence-electron chi connectivity index (χ0n) is 12.2. The maximum atomic E-state index is 13.3. The second-order valence-corrected chi connectivity index (χ2v) is 5.62. The zero-order chi connectivity index (χ0) is 16.8. The van der Waals surface area contributed by atoms with Gasteiger partial charge in [0.05, 0.1) is 6.61 Å². The summed E-state index contributed by atoms with van der Waals surface area (Å²) in [6.07, 6.45) is 0.395. The summed E-state index contributed by atoms with van der Waals surface area (Å²) in [7, 11) is 0. The highest BCUT2D eigenvalue weighted by atomic mass is 32.1. The number of thiazole rings is 1. The number of benzene rings is 1. The van der Waals surface area contributed by atoms with Gasteiger partial charge in [0, 0.05) is 30.6 Å². The van der Waals surface area contributed by atoms with E-state index in [1.54, 1.807) is 0 Å². The lowest BCUT2D eigenvalue weighted by molar-refractivity contribution is 0.0705. The molecule has 0 fully saturated rings. The minimum atomic E-state index is -0.976. The molecule has 8 heteroatoms. The highest BCUT2D eigenvalue weighted by Gasteiger charge is 2.19. The van der Waals surface area contributed by atoms with Crippen molar-refractivity contribution in [3.63, 3.8) is 0 Å². The summed E-state index contributed by atoms with van der Waals surface area (Å²) in [4.78, 5) is 17.9. The molecule has 1 aromatic carbocycles. The number of hydrogen-bond donors (Lipinski definition) is 2. The summed E-state index contributed by atoms with van der Waals surface area (Å²) in [5.41, 5.74) is 0.554. The Morgan fingerprint density at radius 2 is 1.96 bits per heavy atom. The van der Waals surface area contributed by atoms with Gasteiger partial charge in [0.2, 0.25) is 0 Å². The van der Waals surface area contributed by atoms with Crippen LogP contribution in [0.4, 0.5) is 8.78 Å². The molecule has 2 N–H and O–H groups in total. The fourth-order valence-electron chi connectivity index (χ4n) is 1.99. The molecule has 0 bridgehead atoms. The molecule has 0 aliphatic carbocycles. The lowest BCUT2D eigenvalue weighted by Crippen LogP contribution is -2.35. The number of amides is 1. The van der Waals surface area contributed by atoms with Crippen molar-refractivity contribution in [1.29, 1.82) is 0 Å². The van der Waals surface area contributed by atoms with Crippen LogP contribution in [0.25, 0.3) is 10.6 Å². The Hall–Kier alpha value is -1.90. The average molecular weight is 342 g/mol. The van der Waals surface area contributed by atoms with Crippen molar-refractivity contribution in [2.75, 3.05) is 26.3 Å². The van der Waals surface area contributed by atoms with Gasteiger partial charge < -0.3 is 15.1 Å². The first-order valence-corrected chi connectivity index (χ1v) is 7.86. The molecule has 1 amide bonds. The van der Waals surface area contributed by atoms with Crippen LogP contribution in [0, 0.1) is 11.6 Å². The average Bonchev–Trinajstić information content (AvgIpc) is 3.03. The molecule has 0 aliphatic heterocycles. The first kappa shape index (κ1) is 17.5. The largest absolute Gasteiger partial charge is 0.396 e. The molecule has 23 heavy (non-hydrogen) atoms. The minimum absolute atomic E-state index is 0.0631. The molecule has 124 valence electrons. The Bertz CT molecular complexity index is 678. The Kier molecular flexibility index (Phi) is 6.14. The third kappa shape index (κ3) is 4.31. The van der Waals surface area contributed by atoms with Crippen molar-refractivity contribution in [3.05, 3.63) is 40.9 Å². The molecule has 0 spiro atoms. The van der Waals surface area contributed by atoms with Crippen molar-refractivity contribution in [2.24, 2.45) is 0 Å². The third-order valence-electron chi connectivity index (χ3n) is 3.13. The molecule has 1 aromatic heterocycles. The van der Waals surface area contributed by atoms with Crippen LogP contribution in [0.1, 0.15) is 16.9 Å². The molecule has 0 saturated heterocycles. The van der Waals surface area contributed by atoms with Gasteiger partial charge in [-0.3, -0.25) is 4.79 Å². The van der Waals surface area contributed by atoms with Crippen LogP contribution >= 0.6 is 11.3 Å². The maximum absolute atomic E-state index is 13.3. The lowest BCUT2D eigenvalue weighted by Gasteiger charge is -2.20. The Balaban J connectivity index is 2.19. The predicted octanol–water partition coefficient (Wildman–Crippen LogP) is 1.91. The van der Waals surface area contributed by atoms with Gasteiger partial charge in [0.15, 0.2) is 11.6 Å². The number of halogens is 2. The van der Waals surface area contributed by atoms with Crippen LogP contribution in [0.2, 0.25) is 0 Å². The SMILES string of the molecule is O=C(c1csc(-c2ccc(F)c(F)c2)n1)N(CCO)CCCO. The van der Waals surface area contributed by atoms with Gasteiger partial charge in [-0.15, -0.1) is 11.3 Å². The van der Waals surface area contributed by atoms with Crippen molar-refractivity contribution >= 4 is 17.2 Å². The second kappa shape index (κ2) is 8.09. The number of carbonyl (C=O) groups is 1. The topological polar surface area (TPSA) is 73.7 Å². The van der Waals surface area contributed by atoms with E-state index in [1.807, 2.05) is 0 Å². The molecule has 0 radical (unpaired) electrons. The third-order valence-corrected chi connectivity index (χ3v) is 4.02. The van der Waals surface area contributed by atoms with Crippen molar-refractivity contribution < 1.29 is 23.8 Å². The first-order valence-electron chi connectivity index (χ1n) is 6.98. The van der Waals surface area contributed by atoms with Gasteiger partial charge in [-0.1, -0.05) is 0 Å². The van der Waals surface area contributed by atoms with Gasteiger partial charge in [-0.2, -0.15) is 0 Å². The van der Waals surface area contributed by atoms with Gasteiger partial charge in [0.1, 0.15) is 10.7 Å². The molecule has 0 aliphatic rings. The summed E-state index contributed by atoms with van der Waals surface area (Å²) in [5.74, 6) is -2.30. The van der Waals surface area contributed by atoms with E-state index in [0.29, 0.717) is 23.5 Å². The fraction of sp³-hybridized carbons (Fsp3) is 0.333. The number of aliphatic hydroxyl groups excluding tert-OH is 2. The van der Waals surface area contributed by atoms with E-state index in [1.165, 1.54) is 16.3 Å². The molecular weight excluding hydrogens is 326 g/mol. The number of aromatic nitrogens is 1. The summed E-state index contributed by atoms with van der Waals surface area (Å²) in [6.45, 7) is 0.175. The summed E-state index contributed by atoms with van der Waals surface area (Å²) >= 11 is 1.15. The quantitative estimate of drug-likeness (QED) is 0.806. The Morgan fingerprint density at radius 1 is 1.17 bits per heavy atom. The Labute approximate surface area is 135 Å². The summed E-state index contributed by atoms with van der Waals surface area (Å²) < 4.78 is 26.2. The van der Waals surface area contributed by atoms with Crippen LogP contribution < -0.4 is 0 Å². The lowest BCUT2D eigenvalue weighted by atomic mass is 10.2. The van der Waals surface area contributed by atoms with Crippen LogP contribution in [-0.2, 0) is 0 Å². The molecule has 0 saturated carbocycles. The van der Waals surface area contributed by atoms with Crippen molar-refractivity contribution in [2.45, 2.75) is 6.42 Å². The maximum Gasteiger partial charge on any atom is 0.273 e. The van der Waals surface area contributed by atoms with Gasteiger partial charge in [-0.25, -0.2) is 13.8 Å². The normalized spacial score (nSPS) is 10.8. The van der Waals surface area contributed by atoms with E-state index in [0.717, 1.165) is 23.5 Å². The van der Waals surface area contributed by atoms with E-state index >= 15 is 0 Å². The zero-order valence-corrected chi connectivity index (χ0v) is 13.0. The predicted molar refractivity (Wildman–Crippen MR) is 82.2 cm³/mol. The highest BCUT2D eigenvalue weighted by Crippen LogP contribution is 2.25.